The molecule has 0 aliphatic rings. The van der Waals surface area contributed by atoms with Gasteiger partial charge in [0.25, 0.3) is 0 Å². The summed E-state index contributed by atoms with van der Waals surface area (Å²) in [5.41, 5.74) is 0. The van der Waals surface area contributed by atoms with Crippen molar-refractivity contribution < 1.29 is 36.5 Å². The maximum atomic E-state index is 8.93. The number of hydrogen-bond donors (Lipinski definition) is 1. The van der Waals surface area contributed by atoms with E-state index in [-0.39, 0.29) is 16.8 Å². The van der Waals surface area contributed by atoms with Crippen LogP contribution in [0.25, 0.3) is 0 Å². The topological polar surface area (TPSA) is 75.6 Å². The Balaban J connectivity index is 0. The van der Waals surface area contributed by atoms with Crippen LogP contribution in [0.15, 0.2) is 0 Å². The van der Waals surface area contributed by atoms with Crippen LogP contribution in [-0.2, 0) is 21.5 Å². The zero-order chi connectivity index (χ0) is 4.28. The van der Waals surface area contributed by atoms with Gasteiger partial charge in [-0.05, 0) is 0 Å². The number of hydrogen-bond acceptors (Lipinski definition) is 4. The average Bonchev–Trinajstić information content (AvgIpc) is 1.38. The van der Waals surface area contributed by atoms with Crippen LogP contribution in [0.1, 0.15) is 0 Å². The molecule has 0 unspecified atom stereocenters. The van der Waals surface area contributed by atoms with E-state index in [0.717, 1.165) is 0 Å². The molecule has 0 amide bonds. The Bertz CT molecular complexity index is 21.5. The van der Waals surface area contributed by atoms with Crippen LogP contribution in [0.5, 0.6) is 0 Å². The van der Waals surface area contributed by atoms with Crippen molar-refractivity contribution in [1.29, 1.82) is 0 Å². The van der Waals surface area contributed by atoms with E-state index in [1.54, 1.807) is 0 Å². The van der Waals surface area contributed by atoms with Gasteiger partial charge in [0, 0.05) is 0 Å². The molecule has 0 saturated carbocycles. The molecule has 0 saturated heterocycles. The van der Waals surface area contributed by atoms with Gasteiger partial charge in [0.1, 0.15) is 0 Å². The van der Waals surface area contributed by atoms with Gasteiger partial charge in [-0.25, -0.2) is 0 Å². The molecular formula is HCoO4P. The maximum Gasteiger partial charge on any atom is 2.00 e. The van der Waals surface area contributed by atoms with E-state index in [9.17, 15) is 0 Å². The fourth-order valence-corrected chi connectivity index (χ4v) is 0. The van der Waals surface area contributed by atoms with Crippen molar-refractivity contribution in [2.75, 3.05) is 0 Å². The van der Waals surface area contributed by atoms with Gasteiger partial charge in [0.05, 0.1) is 0 Å². The van der Waals surface area contributed by atoms with Gasteiger partial charge in [-0.3, -0.25) is 9.93 Å². The minimum absolute atomic E-state index is 0. The van der Waals surface area contributed by atoms with E-state index in [1.807, 2.05) is 0 Å². The summed E-state index contributed by atoms with van der Waals surface area (Å²) >= 11 is 0. The zero-order valence-corrected chi connectivity index (χ0v) is 4.39. The summed E-state index contributed by atoms with van der Waals surface area (Å²) in [6.07, 6.45) is 0. The van der Waals surface area contributed by atoms with E-state index in [4.69, 9.17) is 15.0 Å². The van der Waals surface area contributed by atoms with Gasteiger partial charge in [0.2, 0.25) is 0 Å². The molecule has 0 aromatic rings. The molecule has 6 heteroatoms. The summed E-state index contributed by atoms with van der Waals surface area (Å²) in [6.45, 7) is 0. The van der Waals surface area contributed by atoms with E-state index in [0.29, 0.717) is 0 Å². The molecule has 0 heterocycles. The monoisotopic (exact) mass is 155 g/mol. The normalized spacial score (nSPS) is 8.00. The summed E-state index contributed by atoms with van der Waals surface area (Å²) in [5, 5.41) is 7.05. The first kappa shape index (κ1) is 9.91. The molecule has 0 aliphatic heterocycles. The predicted octanol–water partition coefficient (Wildman–Crippen LogP) is -1.58. The second-order valence-electron chi connectivity index (χ2n) is 0.305. The second-order valence-corrected chi connectivity index (χ2v) is 0.916. The van der Waals surface area contributed by atoms with Crippen molar-refractivity contribution in [3.63, 3.8) is 0 Å². The van der Waals surface area contributed by atoms with Crippen LogP contribution in [0, 0.1) is 0 Å². The summed E-state index contributed by atoms with van der Waals surface area (Å²) < 4.78 is 2.70. The largest absolute Gasteiger partial charge is 2.00 e. The van der Waals surface area contributed by atoms with Crippen LogP contribution in [-0.4, -0.2) is 5.26 Å². The third-order valence-corrected chi connectivity index (χ3v) is 0.200. The summed E-state index contributed by atoms with van der Waals surface area (Å²) in [5.74, 6) is 0. The van der Waals surface area contributed by atoms with Crippen molar-refractivity contribution in [3.8, 4) is 0 Å². The summed E-state index contributed by atoms with van der Waals surface area (Å²) in [4.78, 5) is 17.9. The minimum atomic E-state index is -3.04. The first-order chi connectivity index (χ1) is 2.27. The third-order valence-electron chi connectivity index (χ3n) is 0.0667. The van der Waals surface area contributed by atoms with Crippen LogP contribution >= 0.6 is 8.60 Å². The smallest absolute Gasteiger partial charge is 0.818 e. The first-order valence-corrected chi connectivity index (χ1v) is 1.83. The Labute approximate surface area is 45.9 Å². The standard InChI is InChI=1S/Co.HO4P/c;1-4-5(2)3/h;1H/q+2;-2. The third kappa shape index (κ3) is 8.84. The van der Waals surface area contributed by atoms with Crippen LogP contribution in [0.4, 0.5) is 0 Å². The molecule has 0 atom stereocenters. The fraction of sp³-hybridized carbons (Fsp3) is 0. The van der Waals surface area contributed by atoms with Crippen molar-refractivity contribution in [3.05, 3.63) is 0 Å². The minimum Gasteiger partial charge on any atom is -0.818 e. The molecule has 6 heavy (non-hydrogen) atoms. The van der Waals surface area contributed by atoms with Crippen LogP contribution in [0.3, 0.4) is 0 Å². The van der Waals surface area contributed by atoms with Gasteiger partial charge in [-0.15, -0.1) is 8.60 Å². The van der Waals surface area contributed by atoms with E-state index < -0.39 is 8.60 Å². The second kappa shape index (κ2) is 5.78. The molecule has 0 aromatic carbocycles. The van der Waals surface area contributed by atoms with E-state index in [1.165, 1.54) is 0 Å². The molecule has 0 rings (SSSR count). The van der Waals surface area contributed by atoms with Crippen molar-refractivity contribution in [2.45, 2.75) is 0 Å². The SMILES string of the molecule is [Co+2].[O-]P([O-])OO. The Hall–Kier alpha value is 0.776. The average molecular weight is 155 g/mol. The first-order valence-electron chi connectivity index (χ1n) is 0.730. The maximum absolute atomic E-state index is 8.93. The van der Waals surface area contributed by atoms with Gasteiger partial charge in [0.15, 0.2) is 0 Å². The van der Waals surface area contributed by atoms with Gasteiger partial charge in [-0.1, -0.05) is 0 Å². The van der Waals surface area contributed by atoms with Crippen molar-refractivity contribution >= 4 is 8.60 Å². The van der Waals surface area contributed by atoms with E-state index >= 15 is 0 Å². The Morgan fingerprint density at radius 2 is 1.67 bits per heavy atom. The van der Waals surface area contributed by atoms with Crippen molar-refractivity contribution in [1.82, 2.24) is 0 Å². The number of rotatable bonds is 1. The Kier molecular flexibility index (Phi) is 9.54. The molecule has 0 aliphatic carbocycles. The van der Waals surface area contributed by atoms with Gasteiger partial charge < -0.3 is 9.79 Å². The van der Waals surface area contributed by atoms with Gasteiger partial charge in [-0.2, -0.15) is 0 Å². The van der Waals surface area contributed by atoms with Crippen LogP contribution in [0.2, 0.25) is 0 Å². The van der Waals surface area contributed by atoms with Crippen LogP contribution < -0.4 is 9.79 Å². The van der Waals surface area contributed by atoms with E-state index in [2.05, 4.69) is 4.67 Å². The molecule has 1 radical (unpaired) electrons. The molecular weight excluding hydrogens is 154 g/mol. The molecule has 39 valence electrons. The Morgan fingerprint density at radius 1 is 1.50 bits per heavy atom. The molecule has 0 spiro atoms. The molecule has 1 N–H and O–H groups in total. The molecule has 0 aromatic heterocycles. The molecule has 0 bridgehead atoms. The zero-order valence-electron chi connectivity index (χ0n) is 2.45. The Morgan fingerprint density at radius 3 is 1.67 bits per heavy atom. The summed E-state index contributed by atoms with van der Waals surface area (Å²) in [7, 11) is -3.04. The predicted molar refractivity (Wildman–Crippen MR) is 10.6 cm³/mol. The van der Waals surface area contributed by atoms with Crippen molar-refractivity contribution in [2.24, 2.45) is 0 Å². The summed E-state index contributed by atoms with van der Waals surface area (Å²) in [6, 6.07) is 0. The quantitative estimate of drug-likeness (QED) is 0.281. The molecule has 4 nitrogen and oxygen atoms in total. The molecule has 0 fully saturated rings. The van der Waals surface area contributed by atoms with Gasteiger partial charge >= 0.3 is 16.8 Å². The fourth-order valence-electron chi connectivity index (χ4n) is 0.